The molecule has 3 rings (SSSR count). The van der Waals surface area contributed by atoms with Gasteiger partial charge in [-0.3, -0.25) is 20.2 Å². The third-order valence-electron chi connectivity index (χ3n) is 10.3. The van der Waals surface area contributed by atoms with Crippen molar-refractivity contribution in [3.05, 3.63) is 99.6 Å². The number of ether oxygens (including phenoxy) is 4. The zero-order valence-electron chi connectivity index (χ0n) is 37.2. The molecule has 340 valence electrons. The summed E-state index contributed by atoms with van der Waals surface area (Å²) in [5.41, 5.74) is 1.61. The molecule has 0 aromatic heterocycles. The fourth-order valence-corrected chi connectivity index (χ4v) is 6.36. The predicted octanol–water partition coefficient (Wildman–Crippen LogP) is 12.4. The molecular weight excluding hydrogens is 811 g/mol. The number of hydrogen-bond donors (Lipinski definition) is 0. The third-order valence-corrected chi connectivity index (χ3v) is 10.3. The smallest absolute Gasteiger partial charge is 0.330 e. The van der Waals surface area contributed by atoms with E-state index in [1.165, 1.54) is 6.07 Å². The molecule has 0 saturated heterocycles. The Morgan fingerprint density at radius 3 is 1.62 bits per heavy atom. The molecule has 63 heavy (non-hydrogen) atoms. The van der Waals surface area contributed by atoms with Crippen LogP contribution in [0, 0.1) is 32.1 Å². The molecule has 17 heteroatoms. The Hall–Kier alpha value is -6.52. The number of azo groups is 2. The highest BCUT2D eigenvalue weighted by Gasteiger charge is 2.21. The van der Waals surface area contributed by atoms with Crippen LogP contribution in [0.1, 0.15) is 91.5 Å². The first-order valence-electron chi connectivity index (χ1n) is 21.6. The van der Waals surface area contributed by atoms with Crippen LogP contribution in [0.5, 0.6) is 11.5 Å². The SMILES string of the molecule is C=CC(=O)OCCN(CCOC(=O)C=C)c1ccc(N=Nc2cc(OCC(CC)CCCC)c(N=Nc3ccc([N+](=O)[O-])cc3[N+](=O)[O-])cc2OCC(CC)CCCC)c(CC)c1. The van der Waals surface area contributed by atoms with E-state index in [2.05, 4.69) is 51.1 Å². The molecule has 0 saturated carbocycles. The van der Waals surface area contributed by atoms with Crippen LogP contribution in [-0.2, 0) is 25.5 Å². The second kappa shape index (κ2) is 27.4. The summed E-state index contributed by atoms with van der Waals surface area (Å²) >= 11 is 0. The average molecular weight is 872 g/mol. The number of anilines is 1. The van der Waals surface area contributed by atoms with Crippen molar-refractivity contribution in [2.24, 2.45) is 32.3 Å². The van der Waals surface area contributed by atoms with E-state index in [0.717, 1.165) is 86.9 Å². The van der Waals surface area contributed by atoms with Gasteiger partial charge in [0.25, 0.3) is 5.69 Å². The van der Waals surface area contributed by atoms with Gasteiger partial charge in [0.15, 0.2) is 5.69 Å². The molecule has 0 radical (unpaired) electrons. The summed E-state index contributed by atoms with van der Waals surface area (Å²) < 4.78 is 23.4. The Morgan fingerprint density at radius 2 is 1.17 bits per heavy atom. The topological polar surface area (TPSA) is 210 Å². The summed E-state index contributed by atoms with van der Waals surface area (Å²) in [5, 5.41) is 41.3. The molecule has 0 aliphatic heterocycles. The molecule has 0 aliphatic carbocycles. The van der Waals surface area contributed by atoms with E-state index in [-0.39, 0.29) is 36.4 Å². The summed E-state index contributed by atoms with van der Waals surface area (Å²) in [6.07, 6.45) is 10.6. The van der Waals surface area contributed by atoms with E-state index < -0.39 is 33.2 Å². The first-order chi connectivity index (χ1) is 30.4. The van der Waals surface area contributed by atoms with E-state index in [1.807, 2.05) is 30.0 Å². The number of esters is 2. The Morgan fingerprint density at radius 1 is 0.683 bits per heavy atom. The number of unbranched alkanes of at least 4 members (excludes halogenated alkanes) is 2. The quantitative estimate of drug-likeness (QED) is 0.0202. The molecule has 3 aromatic carbocycles. The van der Waals surface area contributed by atoms with Crippen molar-refractivity contribution in [1.82, 2.24) is 0 Å². The minimum Gasteiger partial charge on any atom is -0.491 e. The van der Waals surface area contributed by atoms with E-state index >= 15 is 0 Å². The number of carbonyl (C=O) groups is 2. The van der Waals surface area contributed by atoms with Crippen molar-refractivity contribution in [3.8, 4) is 11.5 Å². The molecule has 17 nitrogen and oxygen atoms in total. The van der Waals surface area contributed by atoms with E-state index in [0.29, 0.717) is 55.6 Å². The first-order valence-corrected chi connectivity index (χ1v) is 21.6. The molecule has 0 amide bonds. The second-order valence-corrected chi connectivity index (χ2v) is 14.7. The largest absolute Gasteiger partial charge is 0.491 e. The van der Waals surface area contributed by atoms with Gasteiger partial charge in [-0.1, -0.05) is 86.3 Å². The van der Waals surface area contributed by atoms with Crippen molar-refractivity contribution in [1.29, 1.82) is 0 Å². The zero-order valence-corrected chi connectivity index (χ0v) is 37.2. The molecule has 2 atom stereocenters. The Bertz CT molecular complexity index is 2050. The van der Waals surface area contributed by atoms with Crippen LogP contribution in [0.15, 0.2) is 94.3 Å². The summed E-state index contributed by atoms with van der Waals surface area (Å²) in [4.78, 5) is 47.3. The van der Waals surface area contributed by atoms with Gasteiger partial charge in [-0.25, -0.2) is 9.59 Å². The van der Waals surface area contributed by atoms with Gasteiger partial charge in [-0.15, -0.1) is 15.3 Å². The monoisotopic (exact) mass is 871 g/mol. The number of rotatable bonds is 30. The zero-order chi connectivity index (χ0) is 46.1. The number of aryl methyl sites for hydroxylation is 1. The third kappa shape index (κ3) is 16.7. The van der Waals surface area contributed by atoms with Crippen molar-refractivity contribution >= 4 is 51.8 Å². The second-order valence-electron chi connectivity index (χ2n) is 14.7. The molecule has 0 N–H and O–H groups in total. The lowest BCUT2D eigenvalue weighted by Gasteiger charge is -2.25. The van der Waals surface area contributed by atoms with Crippen molar-refractivity contribution < 1.29 is 38.4 Å². The van der Waals surface area contributed by atoms with Gasteiger partial charge >= 0.3 is 17.6 Å². The fraction of sp³-hybridized carbons (Fsp3) is 0.478. The molecule has 0 heterocycles. The number of non-ortho nitro benzene ring substituents is 1. The molecule has 3 aromatic rings. The lowest BCUT2D eigenvalue weighted by molar-refractivity contribution is -0.393. The number of nitrogens with zero attached hydrogens (tertiary/aromatic N) is 7. The van der Waals surface area contributed by atoms with E-state index in [4.69, 9.17) is 29.2 Å². The minimum atomic E-state index is -0.742. The van der Waals surface area contributed by atoms with Crippen LogP contribution in [-0.4, -0.2) is 61.3 Å². The van der Waals surface area contributed by atoms with Gasteiger partial charge in [0.2, 0.25) is 0 Å². The van der Waals surface area contributed by atoms with Crippen molar-refractivity contribution in [2.45, 2.75) is 92.4 Å². The summed E-state index contributed by atoms with van der Waals surface area (Å²) in [6.45, 7) is 18.9. The van der Waals surface area contributed by atoms with Crippen LogP contribution in [0.3, 0.4) is 0 Å². The number of hydrogen-bond acceptors (Lipinski definition) is 15. The van der Waals surface area contributed by atoms with Crippen LogP contribution in [0.2, 0.25) is 0 Å². The van der Waals surface area contributed by atoms with Crippen LogP contribution in [0.4, 0.5) is 39.8 Å². The molecular formula is C46H61N7O10. The maximum absolute atomic E-state index is 11.9. The van der Waals surface area contributed by atoms with Gasteiger partial charge in [0, 0.05) is 36.0 Å². The number of nitro benzene ring substituents is 2. The average Bonchev–Trinajstić information content (AvgIpc) is 3.29. The lowest BCUT2D eigenvalue weighted by Crippen LogP contribution is -2.32. The van der Waals surface area contributed by atoms with Crippen LogP contribution >= 0.6 is 0 Å². The highest BCUT2D eigenvalue weighted by molar-refractivity contribution is 5.81. The van der Waals surface area contributed by atoms with Crippen LogP contribution in [0.25, 0.3) is 0 Å². The Kier molecular flexibility index (Phi) is 22.1. The molecule has 0 bridgehead atoms. The van der Waals surface area contributed by atoms with Gasteiger partial charge in [-0.05, 0) is 60.9 Å². The maximum atomic E-state index is 11.9. The number of carbonyl (C=O) groups excluding carboxylic acids is 2. The standard InChI is InChI=1S/C46H61N7O10/c1-8-15-17-33(10-3)31-62-43-30-41(50-48-39-22-20-37(52(56)57)28-42(39)53(58)59)44(63-32-34(11-4)18-16-9-2)29-40(43)49-47-38-21-19-36(27-35(38)12-5)51(23-25-60-45(54)13-6)24-26-61-46(55)14-7/h13-14,19-22,27-30,33-34H,6-12,15-18,23-26,31-32H2,1-5H3. The number of nitro groups is 2. The van der Waals surface area contributed by atoms with Gasteiger partial charge in [0.1, 0.15) is 36.1 Å². The Labute approximate surface area is 369 Å². The summed E-state index contributed by atoms with van der Waals surface area (Å²) in [7, 11) is 0. The fourth-order valence-electron chi connectivity index (χ4n) is 6.36. The minimum absolute atomic E-state index is 0.0750. The summed E-state index contributed by atoms with van der Waals surface area (Å²) in [6, 6.07) is 12.1. The van der Waals surface area contributed by atoms with E-state index in [9.17, 15) is 29.8 Å². The lowest BCUT2D eigenvalue weighted by atomic mass is 10.0. The highest BCUT2D eigenvalue weighted by Crippen LogP contribution is 2.43. The van der Waals surface area contributed by atoms with Gasteiger partial charge in [0.05, 0.1) is 47.9 Å². The number of benzene rings is 3. The van der Waals surface area contributed by atoms with Crippen molar-refractivity contribution in [3.63, 3.8) is 0 Å². The normalized spacial score (nSPS) is 12.1. The highest BCUT2D eigenvalue weighted by atomic mass is 16.6. The summed E-state index contributed by atoms with van der Waals surface area (Å²) in [5.74, 6) is 0.0392. The molecule has 0 aliphatic rings. The molecule has 0 spiro atoms. The van der Waals surface area contributed by atoms with E-state index in [1.54, 1.807) is 12.1 Å². The van der Waals surface area contributed by atoms with Gasteiger partial charge in [-0.2, -0.15) is 5.11 Å². The van der Waals surface area contributed by atoms with Crippen LogP contribution < -0.4 is 14.4 Å². The molecule has 2 unspecified atom stereocenters. The molecule has 0 fully saturated rings. The predicted molar refractivity (Wildman–Crippen MR) is 242 cm³/mol. The maximum Gasteiger partial charge on any atom is 0.330 e. The first kappa shape index (κ1) is 50.8. The van der Waals surface area contributed by atoms with Crippen molar-refractivity contribution in [2.75, 3.05) is 44.4 Å². The Balaban J connectivity index is 2.16. The van der Waals surface area contributed by atoms with Gasteiger partial charge < -0.3 is 23.8 Å².